The second-order valence-corrected chi connectivity index (χ2v) is 14.3. The quantitative estimate of drug-likeness (QED) is 0.153. The van der Waals surface area contributed by atoms with Gasteiger partial charge in [-0.1, -0.05) is 44.2 Å². The Morgan fingerprint density at radius 3 is 1.91 bits per heavy atom. The van der Waals surface area contributed by atoms with E-state index in [9.17, 15) is 45.7 Å². The minimum atomic E-state index is -4.71. The van der Waals surface area contributed by atoms with E-state index in [2.05, 4.69) is 0 Å². The van der Waals surface area contributed by atoms with Crippen LogP contribution >= 0.6 is 0 Å². The number of anilines is 1. The van der Waals surface area contributed by atoms with Crippen LogP contribution in [0, 0.1) is 0 Å². The van der Waals surface area contributed by atoms with Crippen LogP contribution in [0.25, 0.3) is 0 Å². The molecular weight excluding hydrogens is 647 g/mol. The number of carboxylic acid groups (broad SMARTS) is 2. The van der Waals surface area contributed by atoms with E-state index in [-0.39, 0.29) is 42.6 Å². The molecule has 0 aliphatic carbocycles. The van der Waals surface area contributed by atoms with Crippen molar-refractivity contribution in [1.82, 2.24) is 0 Å². The molecule has 2 heterocycles. The van der Waals surface area contributed by atoms with Gasteiger partial charge in [-0.25, -0.2) is 21.6 Å². The zero-order chi connectivity index (χ0) is 33.5. The topological polar surface area (TPSA) is 195 Å². The summed E-state index contributed by atoms with van der Waals surface area (Å²) >= 11 is 0. The number of carboxylic acids is 2. The summed E-state index contributed by atoms with van der Waals surface area (Å²) in [6.45, 7) is 6.41. The maximum atomic E-state index is 11.6. The third kappa shape index (κ3) is 7.44. The number of benzene rings is 2. The predicted molar refractivity (Wildman–Crippen MR) is 163 cm³/mol. The summed E-state index contributed by atoms with van der Waals surface area (Å²) < 4.78 is 71.2. The average molecular weight is 679 g/mol. The molecule has 2 aliphatic rings. The third-order valence-electron chi connectivity index (χ3n) is 7.84. The number of hydrogen-bond acceptors (Lipinski definition) is 9. The predicted octanol–water partition coefficient (Wildman–Crippen LogP) is 0.395. The van der Waals surface area contributed by atoms with Gasteiger partial charge in [0, 0.05) is 34.5 Å². The zero-order valence-electron chi connectivity index (χ0n) is 25.8. The van der Waals surface area contributed by atoms with Crippen molar-refractivity contribution >= 4 is 49.3 Å². The monoisotopic (exact) mass is 678 g/mol. The fourth-order valence-corrected chi connectivity index (χ4v) is 6.71. The zero-order valence-corrected chi connectivity index (χ0v) is 29.4. The van der Waals surface area contributed by atoms with Crippen LogP contribution in [0.1, 0.15) is 38.8 Å². The number of fused-ring (bicyclic) bond motifs is 2. The standard InChI is InChI=1S/C31H32N2O10S2.Na/c1-30(2)22-16-20(44(38,39)40)12-14-24(22)32(18-28(34)35)26(30)10-8-6-5-7-9-11-27-31(3,4)23-17-21(45(41,42)43)13-15-25(23)33(27)19-29(36)37;/h5-17H,18-19H2,1-4H3,(H3-,34,35,36,37,38,39,40,41,42,43);/q;+1/p-1. The summed E-state index contributed by atoms with van der Waals surface area (Å²) in [5.74, 6) is -2.20. The van der Waals surface area contributed by atoms with Gasteiger partial charge in [0.1, 0.15) is 26.8 Å². The van der Waals surface area contributed by atoms with Gasteiger partial charge in [0.25, 0.3) is 0 Å². The third-order valence-corrected chi connectivity index (χ3v) is 9.51. The Hall–Kier alpha value is -3.37. The first kappa shape index (κ1) is 37.1. The summed E-state index contributed by atoms with van der Waals surface area (Å²) in [5.41, 5.74) is 1.47. The van der Waals surface area contributed by atoms with Crippen molar-refractivity contribution in [1.29, 1.82) is 0 Å². The molecule has 238 valence electrons. The van der Waals surface area contributed by atoms with E-state index < -0.39 is 52.8 Å². The van der Waals surface area contributed by atoms with Gasteiger partial charge >= 0.3 is 41.5 Å². The minimum Gasteiger partial charge on any atom is -0.744 e. The van der Waals surface area contributed by atoms with Crippen molar-refractivity contribution in [3.8, 4) is 0 Å². The van der Waals surface area contributed by atoms with Crippen LogP contribution in [0.4, 0.5) is 11.4 Å². The summed E-state index contributed by atoms with van der Waals surface area (Å²) in [4.78, 5) is 24.0. The van der Waals surface area contributed by atoms with Gasteiger partial charge in [-0.2, -0.15) is 4.58 Å². The molecule has 0 saturated heterocycles. The van der Waals surface area contributed by atoms with Gasteiger partial charge in [-0.3, -0.25) is 4.79 Å². The molecule has 2 aliphatic heterocycles. The fourth-order valence-electron chi connectivity index (χ4n) is 5.72. The average Bonchev–Trinajstić information content (AvgIpc) is 3.24. The van der Waals surface area contributed by atoms with E-state index in [1.165, 1.54) is 24.3 Å². The largest absolute Gasteiger partial charge is 1.00 e. The summed E-state index contributed by atoms with van der Waals surface area (Å²) in [7, 11) is -9.43. The molecule has 2 aromatic carbocycles. The van der Waals surface area contributed by atoms with Crippen LogP contribution in [0.5, 0.6) is 0 Å². The molecule has 0 amide bonds. The molecule has 0 saturated carbocycles. The molecule has 0 bridgehead atoms. The van der Waals surface area contributed by atoms with Crippen molar-refractivity contribution in [3.63, 3.8) is 0 Å². The summed E-state index contributed by atoms with van der Waals surface area (Å²) in [5, 5.41) is 19.0. The Balaban J connectivity index is 0.00000576. The maximum Gasteiger partial charge on any atom is 1.00 e. The van der Waals surface area contributed by atoms with Gasteiger partial charge in [0.15, 0.2) is 5.71 Å². The summed E-state index contributed by atoms with van der Waals surface area (Å²) in [6.07, 6.45) is 11.8. The van der Waals surface area contributed by atoms with Crippen molar-refractivity contribution in [2.24, 2.45) is 0 Å². The Kier molecular flexibility index (Phi) is 10.8. The molecule has 2 N–H and O–H groups in total. The summed E-state index contributed by atoms with van der Waals surface area (Å²) in [6, 6.07) is 7.71. The molecule has 0 unspecified atom stereocenters. The molecule has 0 spiro atoms. The van der Waals surface area contributed by atoms with Crippen LogP contribution < -0.4 is 34.5 Å². The van der Waals surface area contributed by atoms with E-state index in [0.717, 1.165) is 12.1 Å². The molecule has 0 atom stereocenters. The van der Waals surface area contributed by atoms with Crippen LogP contribution in [0.2, 0.25) is 0 Å². The number of rotatable bonds is 10. The Morgan fingerprint density at radius 2 is 1.35 bits per heavy atom. The van der Waals surface area contributed by atoms with E-state index >= 15 is 0 Å². The Labute approximate surface area is 289 Å². The molecule has 0 fully saturated rings. The second-order valence-electron chi connectivity index (χ2n) is 11.5. The Morgan fingerprint density at radius 1 is 0.804 bits per heavy atom. The van der Waals surface area contributed by atoms with E-state index in [0.29, 0.717) is 33.9 Å². The molecule has 46 heavy (non-hydrogen) atoms. The molecule has 0 aromatic heterocycles. The number of nitrogens with zero attached hydrogens (tertiary/aromatic N) is 2. The number of aliphatic carboxylic acids is 2. The van der Waals surface area contributed by atoms with Crippen LogP contribution in [-0.2, 0) is 40.7 Å². The van der Waals surface area contributed by atoms with E-state index in [4.69, 9.17) is 0 Å². The van der Waals surface area contributed by atoms with Crippen molar-refractivity contribution in [2.75, 3.05) is 18.0 Å². The second kappa shape index (κ2) is 13.4. The van der Waals surface area contributed by atoms with Crippen LogP contribution in [0.3, 0.4) is 0 Å². The maximum absolute atomic E-state index is 11.6. The van der Waals surface area contributed by atoms with Crippen molar-refractivity contribution in [2.45, 2.75) is 48.3 Å². The van der Waals surface area contributed by atoms with Gasteiger partial charge in [0.2, 0.25) is 12.2 Å². The van der Waals surface area contributed by atoms with E-state index in [1.807, 2.05) is 0 Å². The van der Waals surface area contributed by atoms with Gasteiger partial charge in [0.05, 0.1) is 15.2 Å². The molecule has 15 heteroatoms. The molecule has 2 aromatic rings. The Bertz CT molecular complexity index is 1970. The first-order valence-electron chi connectivity index (χ1n) is 13.6. The normalized spacial score (nSPS) is 18.0. The molecule has 12 nitrogen and oxygen atoms in total. The number of allylic oxidation sites excluding steroid dienone is 8. The SMILES string of the molecule is CC1(C)C(/C=C/C=C/C=C/C=C2/N(CC(=O)O)c3ccc(S(=O)(=O)[O-])cc3C2(C)C)=[N+](CC(=O)O)c2ccc(S(=O)(=O)[O-])cc21.[Na+]. The smallest absolute Gasteiger partial charge is 0.744 e. The first-order valence-corrected chi connectivity index (χ1v) is 16.4. The first-order chi connectivity index (χ1) is 20.8. The molecule has 0 radical (unpaired) electrons. The molecular formula is C31H31N2NaO10S2. The number of hydrogen-bond donors (Lipinski definition) is 2. The minimum absolute atomic E-state index is 0. The van der Waals surface area contributed by atoms with Gasteiger partial charge in [-0.15, -0.1) is 0 Å². The fraction of sp³-hybridized carbons (Fsp3) is 0.258. The van der Waals surface area contributed by atoms with Crippen LogP contribution in [0.15, 0.2) is 94.4 Å². The van der Waals surface area contributed by atoms with Gasteiger partial charge in [-0.05, 0) is 55.8 Å². The van der Waals surface area contributed by atoms with Crippen LogP contribution in [-0.4, -0.2) is 71.5 Å². The van der Waals surface area contributed by atoms with Gasteiger partial charge < -0.3 is 24.2 Å². The van der Waals surface area contributed by atoms with Crippen molar-refractivity contribution in [3.05, 3.63) is 95.8 Å². The van der Waals surface area contributed by atoms with E-state index in [1.54, 1.807) is 79.7 Å². The van der Waals surface area contributed by atoms with Crippen molar-refractivity contribution < 1.29 is 79.9 Å². The molecule has 4 rings (SSSR count). The number of carbonyl (C=O) groups is 2.